The first-order valence-corrected chi connectivity index (χ1v) is 11.7. The second-order valence-corrected chi connectivity index (χ2v) is 10.3. The Bertz CT molecular complexity index is 1170. The summed E-state index contributed by atoms with van der Waals surface area (Å²) in [6.07, 6.45) is 7.21. The number of amides is 2. The van der Waals surface area contributed by atoms with Crippen molar-refractivity contribution >= 4 is 34.0 Å². The Balaban J connectivity index is 1.30. The number of allylic oxidation sites excluding steroid dienone is 2. The summed E-state index contributed by atoms with van der Waals surface area (Å²) in [5.74, 6) is 0.999. The Morgan fingerprint density at radius 1 is 1.00 bits per heavy atom. The Morgan fingerprint density at radius 3 is 2.26 bits per heavy atom. The topological polar surface area (TPSA) is 54.7 Å². The molecule has 0 spiro atoms. The number of halogens is 1. The number of imide groups is 1. The average molecular weight is 478 g/mol. The number of rotatable bonds is 3. The highest BCUT2D eigenvalue weighted by Gasteiger charge is 2.67. The number of hydrogen-bond acceptors (Lipinski definition) is 3. The van der Waals surface area contributed by atoms with Crippen LogP contribution in [0.4, 0.5) is 0 Å². The molecule has 7 rings (SSSR count). The number of benzene rings is 1. The molecule has 3 fully saturated rings. The SMILES string of the molecule is Cc1ccc(-n2c(C)cc(/C=N\N3C(=O)[C@@H]4[C@H]5C=C[C@@H]([C@@H]6C[C@@H]56)[C@H]4C3=O)c2C)cc1Br. The van der Waals surface area contributed by atoms with Gasteiger partial charge in [0.1, 0.15) is 0 Å². The third-order valence-corrected chi connectivity index (χ3v) is 8.69. The van der Waals surface area contributed by atoms with Gasteiger partial charge in [-0.1, -0.05) is 34.1 Å². The van der Waals surface area contributed by atoms with Gasteiger partial charge in [-0.25, -0.2) is 0 Å². The van der Waals surface area contributed by atoms with Crippen molar-refractivity contribution in [2.45, 2.75) is 27.2 Å². The molecule has 5 aliphatic rings. The van der Waals surface area contributed by atoms with Crippen LogP contribution < -0.4 is 0 Å². The maximum absolute atomic E-state index is 13.1. The lowest BCUT2D eigenvalue weighted by Gasteiger charge is -2.37. The van der Waals surface area contributed by atoms with Crippen LogP contribution in [0.1, 0.15) is 28.9 Å². The lowest BCUT2D eigenvalue weighted by molar-refractivity contribution is -0.140. The van der Waals surface area contributed by atoms with Crippen molar-refractivity contribution in [2.24, 2.45) is 40.6 Å². The first-order chi connectivity index (χ1) is 14.9. The van der Waals surface area contributed by atoms with Crippen LogP contribution in [0.2, 0.25) is 0 Å². The van der Waals surface area contributed by atoms with Crippen LogP contribution in [0.25, 0.3) is 5.69 Å². The molecule has 0 radical (unpaired) electrons. The van der Waals surface area contributed by atoms with E-state index in [9.17, 15) is 9.59 Å². The van der Waals surface area contributed by atoms with Gasteiger partial charge in [0.15, 0.2) is 0 Å². The Morgan fingerprint density at radius 2 is 1.65 bits per heavy atom. The van der Waals surface area contributed by atoms with Crippen molar-refractivity contribution in [2.75, 3.05) is 0 Å². The molecule has 158 valence electrons. The lowest BCUT2D eigenvalue weighted by Crippen LogP contribution is -2.40. The molecule has 2 heterocycles. The molecular weight excluding hydrogens is 454 g/mol. The zero-order valence-electron chi connectivity index (χ0n) is 17.7. The van der Waals surface area contributed by atoms with E-state index in [0.717, 1.165) is 32.1 Å². The van der Waals surface area contributed by atoms with Crippen LogP contribution in [0.15, 0.2) is 46.0 Å². The van der Waals surface area contributed by atoms with Crippen LogP contribution in [-0.2, 0) is 9.59 Å². The van der Waals surface area contributed by atoms with E-state index in [1.165, 1.54) is 12.0 Å². The van der Waals surface area contributed by atoms with Gasteiger partial charge in [-0.15, -0.1) is 0 Å². The zero-order chi connectivity index (χ0) is 21.6. The third-order valence-electron chi connectivity index (χ3n) is 7.84. The molecule has 2 saturated carbocycles. The summed E-state index contributed by atoms with van der Waals surface area (Å²) in [4.78, 5) is 26.2. The third kappa shape index (κ3) is 2.63. The number of aryl methyl sites for hydroxylation is 2. The average Bonchev–Trinajstić information content (AvgIpc) is 3.47. The van der Waals surface area contributed by atoms with Gasteiger partial charge >= 0.3 is 0 Å². The van der Waals surface area contributed by atoms with Gasteiger partial charge in [0.2, 0.25) is 0 Å². The van der Waals surface area contributed by atoms with E-state index in [0.29, 0.717) is 11.8 Å². The van der Waals surface area contributed by atoms with E-state index < -0.39 is 0 Å². The van der Waals surface area contributed by atoms with Crippen molar-refractivity contribution < 1.29 is 9.59 Å². The number of hydrazone groups is 1. The fourth-order valence-electron chi connectivity index (χ4n) is 6.21. The molecule has 6 heteroatoms. The highest BCUT2D eigenvalue weighted by Crippen LogP contribution is 2.65. The second kappa shape index (κ2) is 6.52. The first-order valence-electron chi connectivity index (χ1n) is 10.9. The quantitative estimate of drug-likeness (QED) is 0.369. The fraction of sp³-hybridized carbons (Fsp3) is 0.400. The van der Waals surface area contributed by atoms with Crippen LogP contribution >= 0.6 is 15.9 Å². The first kappa shape index (κ1) is 19.2. The number of hydrogen-bond donors (Lipinski definition) is 0. The van der Waals surface area contributed by atoms with Crippen LogP contribution in [0.3, 0.4) is 0 Å². The van der Waals surface area contributed by atoms with E-state index in [4.69, 9.17) is 0 Å². The van der Waals surface area contributed by atoms with Gasteiger partial charge < -0.3 is 4.57 Å². The van der Waals surface area contributed by atoms with Gasteiger partial charge in [0.05, 0.1) is 18.1 Å². The fourth-order valence-corrected chi connectivity index (χ4v) is 6.58. The van der Waals surface area contributed by atoms with Crippen LogP contribution in [0, 0.1) is 56.3 Å². The molecule has 2 bridgehead atoms. The molecule has 0 N–H and O–H groups in total. The molecule has 1 aliphatic heterocycles. The number of nitrogens with zero attached hydrogens (tertiary/aromatic N) is 3. The second-order valence-electron chi connectivity index (χ2n) is 9.48. The van der Waals surface area contributed by atoms with Crippen molar-refractivity contribution in [3.8, 4) is 5.69 Å². The van der Waals surface area contributed by atoms with Gasteiger partial charge in [0.25, 0.3) is 11.8 Å². The van der Waals surface area contributed by atoms with Gasteiger partial charge in [-0.2, -0.15) is 10.1 Å². The summed E-state index contributed by atoms with van der Waals surface area (Å²) in [5, 5.41) is 5.57. The summed E-state index contributed by atoms with van der Waals surface area (Å²) >= 11 is 3.61. The Hall–Kier alpha value is -2.47. The summed E-state index contributed by atoms with van der Waals surface area (Å²) in [7, 11) is 0. The van der Waals surface area contributed by atoms with Crippen molar-refractivity contribution in [3.63, 3.8) is 0 Å². The van der Waals surface area contributed by atoms with E-state index in [1.54, 1.807) is 6.21 Å². The minimum absolute atomic E-state index is 0.118. The van der Waals surface area contributed by atoms with Crippen molar-refractivity contribution in [3.05, 3.63) is 63.4 Å². The molecule has 0 unspecified atom stereocenters. The maximum atomic E-state index is 13.1. The Labute approximate surface area is 189 Å². The predicted molar refractivity (Wildman–Crippen MR) is 122 cm³/mol. The zero-order valence-corrected chi connectivity index (χ0v) is 19.3. The molecule has 1 aromatic carbocycles. The smallest absolute Gasteiger partial charge is 0.254 e. The minimum Gasteiger partial charge on any atom is -0.318 e. The van der Waals surface area contributed by atoms with E-state index in [1.807, 2.05) is 13.0 Å². The van der Waals surface area contributed by atoms with Gasteiger partial charge in [-0.05, 0) is 74.6 Å². The molecular formula is C25H24BrN3O2. The molecule has 2 aromatic rings. The number of aromatic nitrogens is 1. The van der Waals surface area contributed by atoms with Crippen molar-refractivity contribution in [1.82, 2.24) is 9.58 Å². The predicted octanol–water partition coefficient (Wildman–Crippen LogP) is 4.55. The number of carbonyl (C=O) groups excluding carboxylic acids is 2. The largest absolute Gasteiger partial charge is 0.318 e. The van der Waals surface area contributed by atoms with Crippen LogP contribution in [-0.4, -0.2) is 27.6 Å². The van der Waals surface area contributed by atoms with E-state index in [-0.39, 0.29) is 35.5 Å². The highest BCUT2D eigenvalue weighted by molar-refractivity contribution is 9.10. The van der Waals surface area contributed by atoms with Gasteiger partial charge in [-0.3, -0.25) is 9.59 Å². The standard InChI is InChI=1S/C25H24BrN3O2/c1-12-4-5-16(9-21(12)26)28-13(2)8-15(14(28)3)11-27-29-24(30)22-17-6-7-18(20-10-19(17)20)23(22)25(29)31/h4-9,11,17-20,22-23H,10H2,1-3H3/b27-11-/t17-,18-,19-,20-,22+,23+/m0/s1. The highest BCUT2D eigenvalue weighted by atomic mass is 79.9. The molecule has 1 saturated heterocycles. The van der Waals surface area contributed by atoms with E-state index >= 15 is 0 Å². The molecule has 6 atom stereocenters. The minimum atomic E-state index is -0.208. The van der Waals surface area contributed by atoms with Crippen LogP contribution in [0.5, 0.6) is 0 Å². The molecule has 5 nitrogen and oxygen atoms in total. The monoisotopic (exact) mass is 477 g/mol. The lowest BCUT2D eigenvalue weighted by atomic mass is 9.63. The van der Waals surface area contributed by atoms with Crippen molar-refractivity contribution in [1.29, 1.82) is 0 Å². The van der Waals surface area contributed by atoms with Gasteiger partial charge in [0, 0.05) is 27.1 Å². The summed E-state index contributed by atoms with van der Waals surface area (Å²) in [6, 6.07) is 8.32. The molecule has 31 heavy (non-hydrogen) atoms. The number of carbonyl (C=O) groups is 2. The maximum Gasteiger partial charge on any atom is 0.254 e. The summed E-state index contributed by atoms with van der Waals surface area (Å²) < 4.78 is 3.22. The Kier molecular flexibility index (Phi) is 4.04. The molecule has 2 amide bonds. The molecule has 4 aliphatic carbocycles. The normalized spacial score (nSPS) is 32.8. The summed E-state index contributed by atoms with van der Waals surface area (Å²) in [6.45, 7) is 6.15. The van der Waals surface area contributed by atoms with E-state index in [2.05, 4.69) is 69.8 Å². The molecule has 1 aromatic heterocycles. The summed E-state index contributed by atoms with van der Waals surface area (Å²) in [5.41, 5.74) is 5.25.